The average Bonchev–Trinajstić information content (AvgIpc) is 2.86. The van der Waals surface area contributed by atoms with Gasteiger partial charge in [-0.1, -0.05) is 18.2 Å². The van der Waals surface area contributed by atoms with Crippen LogP contribution in [0, 0.1) is 5.92 Å². The summed E-state index contributed by atoms with van der Waals surface area (Å²) >= 11 is 0. The van der Waals surface area contributed by atoms with E-state index in [1.54, 1.807) is 7.11 Å². The third kappa shape index (κ3) is 4.71. The first-order valence-electron chi connectivity index (χ1n) is 9.12. The highest BCUT2D eigenvalue weighted by Crippen LogP contribution is 2.23. The minimum absolute atomic E-state index is 0.139. The Hall–Kier alpha value is -1.63. The fourth-order valence-corrected chi connectivity index (χ4v) is 3.88. The molecule has 1 aromatic carbocycles. The number of ether oxygens (including phenoxy) is 2. The van der Waals surface area contributed by atoms with Crippen molar-refractivity contribution in [3.8, 4) is 5.75 Å². The lowest BCUT2D eigenvalue weighted by atomic mass is 10.0. The molecule has 2 heterocycles. The number of methoxy groups -OCH3 is 1. The molecule has 0 radical (unpaired) electrons. The van der Waals surface area contributed by atoms with Crippen LogP contribution in [-0.4, -0.2) is 68.3 Å². The summed E-state index contributed by atoms with van der Waals surface area (Å²) in [7, 11) is 1.69. The number of rotatable bonds is 5. The van der Waals surface area contributed by atoms with Gasteiger partial charge in [0.1, 0.15) is 5.75 Å². The van der Waals surface area contributed by atoms with E-state index in [0.29, 0.717) is 12.6 Å². The first kappa shape index (κ1) is 18.2. The molecule has 0 unspecified atom stereocenters. The first-order valence-corrected chi connectivity index (χ1v) is 9.12. The van der Waals surface area contributed by atoms with Gasteiger partial charge in [0, 0.05) is 57.5 Å². The molecule has 0 bridgehead atoms. The van der Waals surface area contributed by atoms with Crippen molar-refractivity contribution < 1.29 is 14.3 Å². The second-order valence-corrected chi connectivity index (χ2v) is 6.98. The highest BCUT2D eigenvalue weighted by atomic mass is 16.5. The molecule has 2 aliphatic rings. The van der Waals surface area contributed by atoms with Crippen LogP contribution in [0.4, 0.5) is 0 Å². The Labute approximate surface area is 149 Å². The van der Waals surface area contributed by atoms with Crippen LogP contribution in [0.1, 0.15) is 18.4 Å². The quantitative estimate of drug-likeness (QED) is 0.864. The lowest BCUT2D eigenvalue weighted by Crippen LogP contribution is -2.44. The van der Waals surface area contributed by atoms with Crippen LogP contribution >= 0.6 is 0 Å². The van der Waals surface area contributed by atoms with Gasteiger partial charge in [-0.2, -0.15) is 0 Å². The molecule has 0 aromatic heterocycles. The zero-order valence-electron chi connectivity index (χ0n) is 15.0. The van der Waals surface area contributed by atoms with Gasteiger partial charge in [0.2, 0.25) is 5.91 Å². The van der Waals surface area contributed by atoms with Crippen LogP contribution in [0.25, 0.3) is 0 Å². The van der Waals surface area contributed by atoms with E-state index in [1.165, 1.54) is 0 Å². The third-order valence-electron chi connectivity index (χ3n) is 5.33. The molecule has 1 amide bonds. The van der Waals surface area contributed by atoms with Gasteiger partial charge in [-0.05, 0) is 18.9 Å². The fourth-order valence-electron chi connectivity index (χ4n) is 3.88. The van der Waals surface area contributed by atoms with Crippen molar-refractivity contribution in [3.05, 3.63) is 29.8 Å². The Morgan fingerprint density at radius 3 is 2.72 bits per heavy atom. The number of benzene rings is 1. The smallest absolute Gasteiger partial charge is 0.223 e. The van der Waals surface area contributed by atoms with E-state index in [-0.39, 0.29) is 11.8 Å². The van der Waals surface area contributed by atoms with Gasteiger partial charge in [0.05, 0.1) is 13.0 Å². The summed E-state index contributed by atoms with van der Waals surface area (Å²) in [4.78, 5) is 16.7. The van der Waals surface area contributed by atoms with E-state index in [9.17, 15) is 4.79 Å². The van der Waals surface area contributed by atoms with Gasteiger partial charge in [0.25, 0.3) is 0 Å². The molecule has 2 saturated heterocycles. The van der Waals surface area contributed by atoms with Gasteiger partial charge in [-0.3, -0.25) is 14.6 Å². The molecule has 2 N–H and O–H groups in total. The highest BCUT2D eigenvalue weighted by Gasteiger charge is 2.31. The molecule has 6 heteroatoms. The van der Waals surface area contributed by atoms with Crippen molar-refractivity contribution >= 4 is 5.91 Å². The number of nitrogens with two attached hydrogens (primary N) is 1. The van der Waals surface area contributed by atoms with E-state index in [0.717, 1.165) is 63.5 Å². The Morgan fingerprint density at radius 2 is 2.00 bits per heavy atom. The minimum Gasteiger partial charge on any atom is -0.496 e. The van der Waals surface area contributed by atoms with Crippen molar-refractivity contribution in [2.75, 3.05) is 46.5 Å². The Kier molecular flexibility index (Phi) is 6.29. The van der Waals surface area contributed by atoms with E-state index >= 15 is 0 Å². The van der Waals surface area contributed by atoms with Gasteiger partial charge >= 0.3 is 0 Å². The summed E-state index contributed by atoms with van der Waals surface area (Å²) < 4.78 is 10.9. The minimum atomic E-state index is -0.205. The standard InChI is InChI=1S/C19H29N3O3/c1-24-18-5-3-2-4-15(18)12-21-8-9-22(14-16(13-21)19(20)23)17-6-10-25-11-7-17/h2-5,16-17H,6-14H2,1H3,(H2,20,23)/t16-/m1/s1. The predicted molar refractivity (Wildman–Crippen MR) is 96.4 cm³/mol. The monoisotopic (exact) mass is 347 g/mol. The van der Waals surface area contributed by atoms with E-state index < -0.39 is 0 Å². The average molecular weight is 347 g/mol. The van der Waals surface area contributed by atoms with Crippen molar-refractivity contribution in [2.45, 2.75) is 25.4 Å². The van der Waals surface area contributed by atoms with Gasteiger partial charge in [0.15, 0.2) is 0 Å². The number of carbonyl (C=O) groups excluding carboxylic acids is 1. The van der Waals surface area contributed by atoms with Crippen molar-refractivity contribution in [2.24, 2.45) is 11.7 Å². The lowest BCUT2D eigenvalue weighted by molar-refractivity contribution is -0.122. The zero-order valence-corrected chi connectivity index (χ0v) is 15.0. The van der Waals surface area contributed by atoms with Crippen LogP contribution in [0.5, 0.6) is 5.75 Å². The number of carbonyl (C=O) groups is 1. The van der Waals surface area contributed by atoms with Gasteiger partial charge < -0.3 is 15.2 Å². The number of hydrogen-bond donors (Lipinski definition) is 1. The van der Waals surface area contributed by atoms with Crippen LogP contribution in [-0.2, 0) is 16.1 Å². The van der Waals surface area contributed by atoms with E-state index in [1.807, 2.05) is 18.2 Å². The number of amides is 1. The van der Waals surface area contributed by atoms with Crippen LogP contribution in [0.15, 0.2) is 24.3 Å². The van der Waals surface area contributed by atoms with E-state index in [4.69, 9.17) is 15.2 Å². The summed E-state index contributed by atoms with van der Waals surface area (Å²) in [6.07, 6.45) is 2.08. The van der Waals surface area contributed by atoms with Crippen molar-refractivity contribution in [1.82, 2.24) is 9.80 Å². The van der Waals surface area contributed by atoms with E-state index in [2.05, 4.69) is 15.9 Å². The first-order chi connectivity index (χ1) is 12.2. The van der Waals surface area contributed by atoms with Crippen molar-refractivity contribution in [3.63, 3.8) is 0 Å². The zero-order chi connectivity index (χ0) is 17.6. The second-order valence-electron chi connectivity index (χ2n) is 6.98. The second kappa shape index (κ2) is 8.65. The molecule has 1 aromatic rings. The molecule has 6 nitrogen and oxygen atoms in total. The molecule has 0 saturated carbocycles. The molecule has 0 aliphatic carbocycles. The molecule has 3 rings (SSSR count). The Bertz CT molecular complexity index is 575. The maximum Gasteiger partial charge on any atom is 0.223 e. The molecule has 25 heavy (non-hydrogen) atoms. The summed E-state index contributed by atoms with van der Waals surface area (Å²) in [5, 5.41) is 0. The lowest BCUT2D eigenvalue weighted by Gasteiger charge is -2.34. The molecule has 2 fully saturated rings. The molecular formula is C19H29N3O3. The summed E-state index contributed by atoms with van der Waals surface area (Å²) in [5.74, 6) is 0.549. The topological polar surface area (TPSA) is 68.0 Å². The number of para-hydroxylation sites is 1. The fraction of sp³-hybridized carbons (Fsp3) is 0.632. The van der Waals surface area contributed by atoms with Crippen LogP contribution in [0.2, 0.25) is 0 Å². The number of nitrogens with zero attached hydrogens (tertiary/aromatic N) is 2. The number of hydrogen-bond acceptors (Lipinski definition) is 5. The summed E-state index contributed by atoms with van der Waals surface area (Å²) in [5.41, 5.74) is 6.84. The molecule has 0 spiro atoms. The molecular weight excluding hydrogens is 318 g/mol. The molecule has 138 valence electrons. The molecule has 1 atom stereocenters. The third-order valence-corrected chi connectivity index (χ3v) is 5.33. The van der Waals surface area contributed by atoms with Crippen molar-refractivity contribution in [1.29, 1.82) is 0 Å². The van der Waals surface area contributed by atoms with Crippen LogP contribution in [0.3, 0.4) is 0 Å². The van der Waals surface area contributed by atoms with Gasteiger partial charge in [-0.25, -0.2) is 0 Å². The predicted octanol–water partition coefficient (Wildman–Crippen LogP) is 1.09. The molecule has 2 aliphatic heterocycles. The Morgan fingerprint density at radius 1 is 1.24 bits per heavy atom. The summed E-state index contributed by atoms with van der Waals surface area (Å²) in [6, 6.07) is 8.56. The summed E-state index contributed by atoms with van der Waals surface area (Å²) in [6.45, 7) is 5.74. The number of primary amides is 1. The maximum absolute atomic E-state index is 12.0. The van der Waals surface area contributed by atoms with Gasteiger partial charge in [-0.15, -0.1) is 0 Å². The SMILES string of the molecule is COc1ccccc1CN1CCN(C2CCOCC2)C[C@H](C(N)=O)C1. The highest BCUT2D eigenvalue weighted by molar-refractivity contribution is 5.77. The normalized spacial score (nSPS) is 24.0. The maximum atomic E-state index is 12.0. The van der Waals surface area contributed by atoms with Crippen LogP contribution < -0.4 is 10.5 Å². The largest absolute Gasteiger partial charge is 0.496 e. The Balaban J connectivity index is 1.70.